The van der Waals surface area contributed by atoms with Gasteiger partial charge in [-0.1, -0.05) is 18.2 Å². The largest absolute Gasteiger partial charge is 0.359 e. The van der Waals surface area contributed by atoms with E-state index < -0.39 is 19.0 Å². The summed E-state index contributed by atoms with van der Waals surface area (Å²) < 4.78 is 26.2. The van der Waals surface area contributed by atoms with Gasteiger partial charge in [0.15, 0.2) is 0 Å². The Labute approximate surface area is 158 Å². The Morgan fingerprint density at radius 2 is 2.15 bits per heavy atom. The molecular weight excluding hydrogens is 372 g/mol. The molecule has 0 radical (unpaired) electrons. The molecule has 0 atom stereocenters. The number of nitrogens with one attached hydrogen (secondary N) is 2. The van der Waals surface area contributed by atoms with Crippen LogP contribution in [0, 0.1) is 11.3 Å². The SMILES string of the molecule is C=C(Nc1c[nH]c2ccc(Cl)cc12)c1cnc(N2CC(F)(F)C2)c(C#N)c1. The molecule has 0 saturated carbocycles. The summed E-state index contributed by atoms with van der Waals surface area (Å²) in [7, 11) is 0. The molecule has 0 aliphatic carbocycles. The van der Waals surface area contributed by atoms with E-state index in [9.17, 15) is 14.0 Å². The Morgan fingerprint density at radius 3 is 2.85 bits per heavy atom. The summed E-state index contributed by atoms with van der Waals surface area (Å²) in [5.41, 5.74) is 3.05. The van der Waals surface area contributed by atoms with Crippen molar-refractivity contribution < 1.29 is 8.78 Å². The van der Waals surface area contributed by atoms with Crippen LogP contribution < -0.4 is 10.2 Å². The molecule has 1 fully saturated rings. The summed E-state index contributed by atoms with van der Waals surface area (Å²) in [6, 6.07) is 9.11. The second-order valence-electron chi connectivity index (χ2n) is 6.41. The van der Waals surface area contributed by atoms with E-state index in [2.05, 4.69) is 21.9 Å². The fourth-order valence-corrected chi connectivity index (χ4v) is 3.22. The van der Waals surface area contributed by atoms with Crippen LogP contribution in [0.5, 0.6) is 0 Å². The zero-order valence-corrected chi connectivity index (χ0v) is 14.8. The molecule has 4 rings (SSSR count). The molecule has 27 heavy (non-hydrogen) atoms. The van der Waals surface area contributed by atoms with Crippen molar-refractivity contribution in [1.29, 1.82) is 5.26 Å². The third kappa shape index (κ3) is 3.20. The Kier molecular flexibility index (Phi) is 4.01. The first-order valence-corrected chi connectivity index (χ1v) is 8.50. The van der Waals surface area contributed by atoms with Gasteiger partial charge >= 0.3 is 0 Å². The molecular formula is C19H14ClF2N5. The summed E-state index contributed by atoms with van der Waals surface area (Å²) in [4.78, 5) is 8.73. The highest BCUT2D eigenvalue weighted by Gasteiger charge is 2.45. The molecule has 136 valence electrons. The molecule has 5 nitrogen and oxygen atoms in total. The molecule has 1 aliphatic heterocycles. The van der Waals surface area contributed by atoms with Crippen molar-refractivity contribution in [3.63, 3.8) is 0 Å². The smallest absolute Gasteiger partial charge is 0.282 e. The Bertz CT molecular complexity index is 1090. The Balaban J connectivity index is 1.58. The zero-order valence-electron chi connectivity index (χ0n) is 14.1. The lowest BCUT2D eigenvalue weighted by Gasteiger charge is -2.39. The molecule has 0 bridgehead atoms. The number of hydrogen-bond donors (Lipinski definition) is 2. The maximum atomic E-state index is 13.1. The minimum atomic E-state index is -2.73. The summed E-state index contributed by atoms with van der Waals surface area (Å²) in [6.45, 7) is 3.14. The van der Waals surface area contributed by atoms with Crippen LogP contribution in [0.1, 0.15) is 11.1 Å². The summed E-state index contributed by atoms with van der Waals surface area (Å²) in [5, 5.41) is 14.1. The van der Waals surface area contributed by atoms with Gasteiger partial charge in [-0.05, 0) is 24.3 Å². The predicted octanol–water partition coefficient (Wildman–Crippen LogP) is 4.63. The van der Waals surface area contributed by atoms with Crippen molar-refractivity contribution in [3.8, 4) is 6.07 Å². The number of halogens is 3. The van der Waals surface area contributed by atoms with Gasteiger partial charge in [-0.15, -0.1) is 0 Å². The first kappa shape index (κ1) is 17.3. The minimum Gasteiger partial charge on any atom is -0.359 e. The second kappa shape index (κ2) is 6.25. The van der Waals surface area contributed by atoms with Gasteiger partial charge in [0.2, 0.25) is 0 Å². The normalized spacial score (nSPS) is 15.3. The van der Waals surface area contributed by atoms with E-state index in [0.29, 0.717) is 16.3 Å². The predicted molar refractivity (Wildman–Crippen MR) is 102 cm³/mol. The van der Waals surface area contributed by atoms with Gasteiger partial charge in [-0.25, -0.2) is 13.8 Å². The molecule has 1 saturated heterocycles. The number of anilines is 2. The van der Waals surface area contributed by atoms with E-state index in [0.717, 1.165) is 16.6 Å². The Hall–Kier alpha value is -3.11. The summed E-state index contributed by atoms with van der Waals surface area (Å²) in [5.74, 6) is -2.46. The first-order valence-electron chi connectivity index (χ1n) is 8.12. The highest BCUT2D eigenvalue weighted by Crippen LogP contribution is 2.33. The van der Waals surface area contributed by atoms with Crippen LogP contribution >= 0.6 is 11.6 Å². The molecule has 0 unspecified atom stereocenters. The van der Waals surface area contributed by atoms with E-state index >= 15 is 0 Å². The number of aromatic nitrogens is 2. The minimum absolute atomic E-state index is 0.230. The summed E-state index contributed by atoms with van der Waals surface area (Å²) >= 11 is 6.06. The lowest BCUT2D eigenvalue weighted by atomic mass is 10.1. The van der Waals surface area contributed by atoms with Crippen LogP contribution in [0.25, 0.3) is 16.6 Å². The molecule has 0 spiro atoms. The summed E-state index contributed by atoms with van der Waals surface area (Å²) in [6.07, 6.45) is 3.31. The number of aromatic amines is 1. The van der Waals surface area contributed by atoms with Crippen molar-refractivity contribution in [3.05, 3.63) is 59.4 Å². The van der Waals surface area contributed by atoms with Crippen LogP contribution in [0.3, 0.4) is 0 Å². The zero-order chi connectivity index (χ0) is 19.2. The lowest BCUT2D eigenvalue weighted by molar-refractivity contribution is -0.0267. The highest BCUT2D eigenvalue weighted by atomic mass is 35.5. The van der Waals surface area contributed by atoms with Crippen LogP contribution in [0.4, 0.5) is 20.3 Å². The van der Waals surface area contributed by atoms with Gasteiger partial charge in [0, 0.05) is 39.6 Å². The number of nitrogens with zero attached hydrogens (tertiary/aromatic N) is 3. The average Bonchev–Trinajstić information content (AvgIpc) is 3.01. The van der Waals surface area contributed by atoms with Gasteiger partial charge in [-0.2, -0.15) is 5.26 Å². The van der Waals surface area contributed by atoms with Crippen LogP contribution in [0.15, 0.2) is 43.2 Å². The number of pyridine rings is 1. The van der Waals surface area contributed by atoms with Gasteiger partial charge in [-0.3, -0.25) is 0 Å². The van der Waals surface area contributed by atoms with E-state index in [4.69, 9.17) is 11.6 Å². The molecule has 2 aromatic heterocycles. The number of alkyl halides is 2. The van der Waals surface area contributed by atoms with Gasteiger partial charge in [0.25, 0.3) is 5.92 Å². The third-order valence-electron chi connectivity index (χ3n) is 4.41. The molecule has 1 aliphatic rings. The first-order chi connectivity index (χ1) is 12.9. The van der Waals surface area contributed by atoms with E-state index in [1.807, 2.05) is 18.2 Å². The molecule has 2 N–H and O–H groups in total. The van der Waals surface area contributed by atoms with E-state index in [1.165, 1.54) is 11.1 Å². The number of rotatable bonds is 4. The number of nitriles is 1. The topological polar surface area (TPSA) is 67.7 Å². The van der Waals surface area contributed by atoms with Gasteiger partial charge < -0.3 is 15.2 Å². The van der Waals surface area contributed by atoms with Crippen molar-refractivity contribution in [2.24, 2.45) is 0 Å². The molecule has 3 aromatic rings. The standard InChI is InChI=1S/C19H14ClF2N5/c1-11(26-17-8-24-16-3-2-14(20)5-15(16)17)13-4-12(6-23)18(25-7-13)27-9-19(21,22)10-27/h2-5,7-8,24,26H,1,9-10H2. The quantitative estimate of drug-likeness (QED) is 0.687. The molecule has 3 heterocycles. The molecule has 1 aromatic carbocycles. The monoisotopic (exact) mass is 385 g/mol. The maximum absolute atomic E-state index is 13.1. The van der Waals surface area contributed by atoms with Crippen LogP contribution in [0.2, 0.25) is 5.02 Å². The second-order valence-corrected chi connectivity index (χ2v) is 6.85. The lowest BCUT2D eigenvalue weighted by Crippen LogP contribution is -2.56. The number of H-pyrrole nitrogens is 1. The fourth-order valence-electron chi connectivity index (χ4n) is 3.05. The van der Waals surface area contributed by atoms with Gasteiger partial charge in [0.05, 0.1) is 24.3 Å². The number of hydrogen-bond acceptors (Lipinski definition) is 4. The van der Waals surface area contributed by atoms with Gasteiger partial charge in [0.1, 0.15) is 11.9 Å². The van der Waals surface area contributed by atoms with Crippen LogP contribution in [-0.2, 0) is 0 Å². The van der Waals surface area contributed by atoms with E-state index in [-0.39, 0.29) is 11.4 Å². The van der Waals surface area contributed by atoms with Crippen molar-refractivity contribution in [2.75, 3.05) is 23.3 Å². The van der Waals surface area contributed by atoms with E-state index in [1.54, 1.807) is 18.3 Å². The van der Waals surface area contributed by atoms with Crippen molar-refractivity contribution >= 4 is 39.7 Å². The Morgan fingerprint density at radius 1 is 1.37 bits per heavy atom. The average molecular weight is 386 g/mol. The maximum Gasteiger partial charge on any atom is 0.282 e. The number of benzene rings is 1. The van der Waals surface area contributed by atoms with Crippen molar-refractivity contribution in [1.82, 2.24) is 9.97 Å². The molecule has 8 heteroatoms. The van der Waals surface area contributed by atoms with Crippen LogP contribution in [-0.4, -0.2) is 29.0 Å². The number of fused-ring (bicyclic) bond motifs is 1. The van der Waals surface area contributed by atoms with Crippen molar-refractivity contribution in [2.45, 2.75) is 5.92 Å². The highest BCUT2D eigenvalue weighted by molar-refractivity contribution is 6.31. The molecule has 0 amide bonds. The third-order valence-corrected chi connectivity index (χ3v) is 4.64. The fraction of sp³-hybridized carbons (Fsp3) is 0.158.